The van der Waals surface area contributed by atoms with Gasteiger partial charge < -0.3 is 19.8 Å². The maximum atomic E-state index is 9.36. The number of aromatic amines is 1. The highest BCUT2D eigenvalue weighted by atomic mass is 16.5. The molecule has 0 amide bonds. The summed E-state index contributed by atoms with van der Waals surface area (Å²) in [6.45, 7) is 4.48. The summed E-state index contributed by atoms with van der Waals surface area (Å²) in [6.07, 6.45) is 3.78. The highest BCUT2D eigenvalue weighted by Gasteiger charge is 2.34. The van der Waals surface area contributed by atoms with Gasteiger partial charge in [-0.3, -0.25) is 0 Å². The molecular weight excluding hydrogens is 378 g/mol. The van der Waals surface area contributed by atoms with Crippen LogP contribution in [0, 0.1) is 16.7 Å². The summed E-state index contributed by atoms with van der Waals surface area (Å²) < 4.78 is 12.1. The van der Waals surface area contributed by atoms with Crippen molar-refractivity contribution in [1.82, 2.24) is 15.0 Å². The maximum absolute atomic E-state index is 9.36. The number of nitriles is 1. The van der Waals surface area contributed by atoms with E-state index < -0.39 is 5.41 Å². The molecule has 1 aliphatic heterocycles. The number of ether oxygens (including phenoxy) is 2. The van der Waals surface area contributed by atoms with Crippen molar-refractivity contribution in [2.45, 2.75) is 44.8 Å². The van der Waals surface area contributed by atoms with E-state index in [1.54, 1.807) is 6.33 Å². The number of rotatable bonds is 6. The van der Waals surface area contributed by atoms with E-state index in [4.69, 9.17) is 9.47 Å². The molecule has 7 nitrogen and oxygen atoms in total. The molecule has 3 aromatic rings. The van der Waals surface area contributed by atoms with E-state index in [0.29, 0.717) is 19.1 Å². The van der Waals surface area contributed by atoms with Crippen molar-refractivity contribution in [1.29, 1.82) is 5.26 Å². The van der Waals surface area contributed by atoms with E-state index in [9.17, 15) is 5.26 Å². The number of hydrogen-bond acceptors (Lipinski definition) is 6. The zero-order valence-electron chi connectivity index (χ0n) is 17.2. The minimum atomic E-state index is -0.566. The van der Waals surface area contributed by atoms with Crippen LogP contribution < -0.4 is 10.1 Å². The standard InChI is InChI=1S/C23H25N5O2/c1-23(2,11-24)12-30-19-10-29-18-6-4-3-5-15(18)20(19)28-22-16-9-17(14-7-8-14)27-21(16)25-13-26-22/h3-6,9,13-14,19-20H,7-8,10,12H2,1-2H3,(H2,25,26,27,28). The van der Waals surface area contributed by atoms with Crippen LogP contribution in [0.15, 0.2) is 36.7 Å². The minimum absolute atomic E-state index is 0.151. The number of para-hydroxylation sites is 1. The largest absolute Gasteiger partial charge is 0.490 e. The third-order valence-corrected chi connectivity index (χ3v) is 5.75. The summed E-state index contributed by atoms with van der Waals surface area (Å²) in [5.41, 5.74) is 2.53. The Kier molecular flexibility index (Phi) is 4.59. The normalized spacial score (nSPS) is 21.0. The number of anilines is 1. The molecule has 3 heterocycles. The number of aromatic nitrogens is 3. The molecule has 2 unspecified atom stereocenters. The summed E-state index contributed by atoms with van der Waals surface area (Å²) in [4.78, 5) is 12.4. The van der Waals surface area contributed by atoms with E-state index >= 15 is 0 Å². The van der Waals surface area contributed by atoms with Gasteiger partial charge in [-0.2, -0.15) is 5.26 Å². The second-order valence-corrected chi connectivity index (χ2v) is 8.80. The van der Waals surface area contributed by atoms with E-state index in [-0.39, 0.29) is 12.1 Å². The molecule has 1 fully saturated rings. The highest BCUT2D eigenvalue weighted by molar-refractivity contribution is 5.88. The van der Waals surface area contributed by atoms with Gasteiger partial charge in [-0.25, -0.2) is 9.97 Å². The molecule has 1 aromatic carbocycles. The fraction of sp³-hybridized carbons (Fsp3) is 0.435. The second-order valence-electron chi connectivity index (χ2n) is 8.80. The van der Waals surface area contributed by atoms with Crippen LogP contribution in [0.5, 0.6) is 5.75 Å². The van der Waals surface area contributed by atoms with Crippen LogP contribution in [0.1, 0.15) is 49.9 Å². The lowest BCUT2D eigenvalue weighted by Gasteiger charge is -2.35. The zero-order valence-corrected chi connectivity index (χ0v) is 17.2. The summed E-state index contributed by atoms with van der Waals surface area (Å²) in [6, 6.07) is 12.3. The van der Waals surface area contributed by atoms with E-state index in [0.717, 1.165) is 28.2 Å². The van der Waals surface area contributed by atoms with Gasteiger partial charge in [0.1, 0.15) is 36.3 Å². The third kappa shape index (κ3) is 3.59. The van der Waals surface area contributed by atoms with Crippen LogP contribution in [-0.2, 0) is 4.74 Å². The van der Waals surface area contributed by atoms with Crippen molar-refractivity contribution in [3.8, 4) is 11.8 Å². The Bertz CT molecular complexity index is 1110. The summed E-state index contributed by atoms with van der Waals surface area (Å²) in [7, 11) is 0. The SMILES string of the molecule is CC(C)(C#N)COC1COc2ccccc2C1Nc1ncnc2[nH]c(C3CC3)cc12. The van der Waals surface area contributed by atoms with Gasteiger partial charge in [0, 0.05) is 11.3 Å². The third-order valence-electron chi connectivity index (χ3n) is 5.75. The topological polar surface area (TPSA) is 95.8 Å². The van der Waals surface area contributed by atoms with Crippen LogP contribution in [0.3, 0.4) is 0 Å². The lowest BCUT2D eigenvalue weighted by atomic mass is 9.95. The van der Waals surface area contributed by atoms with Crippen molar-refractivity contribution >= 4 is 16.9 Å². The van der Waals surface area contributed by atoms with Crippen LogP contribution >= 0.6 is 0 Å². The lowest BCUT2D eigenvalue weighted by molar-refractivity contribution is -0.0252. The first kappa shape index (κ1) is 18.9. The molecule has 2 aromatic heterocycles. The first-order valence-corrected chi connectivity index (χ1v) is 10.4. The molecule has 2 atom stereocenters. The van der Waals surface area contributed by atoms with E-state index in [2.05, 4.69) is 32.4 Å². The lowest BCUT2D eigenvalue weighted by Crippen LogP contribution is -2.39. The quantitative estimate of drug-likeness (QED) is 0.636. The first-order valence-electron chi connectivity index (χ1n) is 10.4. The number of nitrogens with zero attached hydrogens (tertiary/aromatic N) is 3. The number of fused-ring (bicyclic) bond motifs is 2. The minimum Gasteiger partial charge on any atom is -0.490 e. The Morgan fingerprint density at radius 2 is 2.13 bits per heavy atom. The predicted octanol–water partition coefficient (Wildman–Crippen LogP) is 4.32. The Morgan fingerprint density at radius 1 is 1.30 bits per heavy atom. The number of benzene rings is 1. The smallest absolute Gasteiger partial charge is 0.143 e. The van der Waals surface area contributed by atoms with Gasteiger partial charge in [-0.05, 0) is 44.7 Å². The highest BCUT2D eigenvalue weighted by Crippen LogP contribution is 2.42. The van der Waals surface area contributed by atoms with Crippen molar-refractivity contribution < 1.29 is 9.47 Å². The van der Waals surface area contributed by atoms with Crippen LogP contribution in [0.2, 0.25) is 0 Å². The number of H-pyrrole nitrogens is 1. The molecule has 30 heavy (non-hydrogen) atoms. The van der Waals surface area contributed by atoms with Gasteiger partial charge in [-0.15, -0.1) is 0 Å². The number of nitrogens with one attached hydrogen (secondary N) is 2. The molecular formula is C23H25N5O2. The van der Waals surface area contributed by atoms with Crippen LogP contribution in [0.4, 0.5) is 5.82 Å². The Labute approximate surface area is 175 Å². The van der Waals surface area contributed by atoms with E-state index in [1.807, 2.05) is 38.1 Å². The monoisotopic (exact) mass is 403 g/mol. The molecule has 1 saturated carbocycles. The summed E-state index contributed by atoms with van der Waals surface area (Å²) in [5.74, 6) is 2.23. The zero-order chi connectivity index (χ0) is 20.7. The molecule has 2 aliphatic rings. The molecule has 0 bridgehead atoms. The van der Waals surface area contributed by atoms with Gasteiger partial charge in [0.25, 0.3) is 0 Å². The van der Waals surface area contributed by atoms with Crippen molar-refractivity contribution in [3.63, 3.8) is 0 Å². The van der Waals surface area contributed by atoms with Gasteiger partial charge in [0.2, 0.25) is 0 Å². The van der Waals surface area contributed by atoms with Gasteiger partial charge in [0.15, 0.2) is 0 Å². The molecule has 2 N–H and O–H groups in total. The second kappa shape index (κ2) is 7.29. The van der Waals surface area contributed by atoms with Gasteiger partial charge in [0.05, 0.1) is 29.5 Å². The Balaban J connectivity index is 1.48. The summed E-state index contributed by atoms with van der Waals surface area (Å²) >= 11 is 0. The van der Waals surface area contributed by atoms with Crippen molar-refractivity contribution in [2.24, 2.45) is 5.41 Å². The molecule has 5 rings (SSSR count). The fourth-order valence-electron chi connectivity index (χ4n) is 3.84. The molecule has 0 radical (unpaired) electrons. The predicted molar refractivity (Wildman–Crippen MR) is 113 cm³/mol. The fourth-order valence-corrected chi connectivity index (χ4v) is 3.84. The average Bonchev–Trinajstić information content (AvgIpc) is 3.52. The van der Waals surface area contributed by atoms with Crippen LogP contribution in [-0.4, -0.2) is 34.3 Å². The van der Waals surface area contributed by atoms with E-state index in [1.165, 1.54) is 18.5 Å². The Morgan fingerprint density at radius 3 is 2.93 bits per heavy atom. The first-order chi connectivity index (χ1) is 14.5. The van der Waals surface area contributed by atoms with Gasteiger partial charge in [-0.1, -0.05) is 18.2 Å². The molecule has 7 heteroatoms. The molecule has 0 saturated heterocycles. The van der Waals surface area contributed by atoms with Crippen molar-refractivity contribution in [2.75, 3.05) is 18.5 Å². The molecule has 1 aliphatic carbocycles. The number of hydrogen-bond donors (Lipinski definition) is 2. The molecule has 0 spiro atoms. The van der Waals surface area contributed by atoms with Gasteiger partial charge >= 0.3 is 0 Å². The average molecular weight is 403 g/mol. The maximum Gasteiger partial charge on any atom is 0.143 e. The van der Waals surface area contributed by atoms with Crippen molar-refractivity contribution in [3.05, 3.63) is 47.9 Å². The summed E-state index contributed by atoms with van der Waals surface area (Å²) in [5, 5.41) is 13.9. The van der Waals surface area contributed by atoms with Crippen LogP contribution in [0.25, 0.3) is 11.0 Å². The Hall–Kier alpha value is -3.11. The molecule has 154 valence electrons.